The van der Waals surface area contributed by atoms with Gasteiger partial charge < -0.3 is 9.73 Å². The molecule has 3 aromatic rings. The van der Waals surface area contributed by atoms with Gasteiger partial charge in [0.2, 0.25) is 11.8 Å². The van der Waals surface area contributed by atoms with E-state index in [9.17, 15) is 4.79 Å². The fraction of sp³-hybridized carbons (Fsp3) is 0.111. The molecule has 0 spiro atoms. The van der Waals surface area contributed by atoms with E-state index < -0.39 is 0 Å². The summed E-state index contributed by atoms with van der Waals surface area (Å²) in [5.74, 6) is 0.533. The van der Waals surface area contributed by atoms with Crippen LogP contribution >= 0.6 is 0 Å². The standard InChI is InChI=1S/C18H16N2O2/c1-12-3-4-15(18-19-9-10-22-18)11-17(12)14-5-7-16(8-6-14)20-13(2)21/h3-11H,1-2H3,(H,20,21). The predicted molar refractivity (Wildman–Crippen MR) is 86.4 cm³/mol. The van der Waals surface area contributed by atoms with Crippen LogP contribution in [0.1, 0.15) is 12.5 Å². The van der Waals surface area contributed by atoms with Crippen molar-refractivity contribution in [1.29, 1.82) is 0 Å². The second-order valence-electron chi connectivity index (χ2n) is 5.13. The molecule has 0 aliphatic carbocycles. The quantitative estimate of drug-likeness (QED) is 0.784. The van der Waals surface area contributed by atoms with Gasteiger partial charge in [-0.3, -0.25) is 4.79 Å². The van der Waals surface area contributed by atoms with Crippen molar-refractivity contribution in [3.05, 3.63) is 60.5 Å². The van der Waals surface area contributed by atoms with Crippen molar-refractivity contribution in [3.63, 3.8) is 0 Å². The number of carbonyl (C=O) groups is 1. The van der Waals surface area contributed by atoms with Gasteiger partial charge in [-0.15, -0.1) is 0 Å². The Morgan fingerprint density at radius 2 is 1.82 bits per heavy atom. The monoisotopic (exact) mass is 292 g/mol. The average molecular weight is 292 g/mol. The van der Waals surface area contributed by atoms with Gasteiger partial charge in [0.25, 0.3) is 0 Å². The third kappa shape index (κ3) is 2.91. The van der Waals surface area contributed by atoms with Crippen molar-refractivity contribution in [3.8, 4) is 22.6 Å². The highest BCUT2D eigenvalue weighted by Crippen LogP contribution is 2.29. The summed E-state index contributed by atoms with van der Waals surface area (Å²) in [5, 5.41) is 2.77. The maximum absolute atomic E-state index is 11.1. The lowest BCUT2D eigenvalue weighted by Gasteiger charge is -2.09. The highest BCUT2D eigenvalue weighted by Gasteiger charge is 2.08. The van der Waals surface area contributed by atoms with Crippen LogP contribution in [0.2, 0.25) is 0 Å². The van der Waals surface area contributed by atoms with Crippen molar-refractivity contribution in [1.82, 2.24) is 4.98 Å². The topological polar surface area (TPSA) is 55.1 Å². The summed E-state index contributed by atoms with van der Waals surface area (Å²) >= 11 is 0. The molecule has 0 aliphatic rings. The van der Waals surface area contributed by atoms with Crippen molar-refractivity contribution in [2.75, 3.05) is 5.32 Å². The molecule has 1 amide bonds. The molecule has 0 saturated heterocycles. The minimum absolute atomic E-state index is 0.0742. The van der Waals surface area contributed by atoms with Gasteiger partial charge >= 0.3 is 0 Å². The number of nitrogens with zero attached hydrogens (tertiary/aromatic N) is 1. The van der Waals surface area contributed by atoms with Crippen molar-refractivity contribution in [2.45, 2.75) is 13.8 Å². The first-order valence-electron chi connectivity index (χ1n) is 7.02. The van der Waals surface area contributed by atoms with Crippen LogP contribution in [0.4, 0.5) is 5.69 Å². The van der Waals surface area contributed by atoms with Crippen LogP contribution in [0.25, 0.3) is 22.6 Å². The Hall–Kier alpha value is -2.88. The van der Waals surface area contributed by atoms with E-state index in [4.69, 9.17) is 4.42 Å². The molecule has 22 heavy (non-hydrogen) atoms. The minimum Gasteiger partial charge on any atom is -0.445 e. The van der Waals surface area contributed by atoms with E-state index in [2.05, 4.69) is 29.4 Å². The molecular formula is C18H16N2O2. The number of anilines is 1. The van der Waals surface area contributed by atoms with Gasteiger partial charge in [-0.2, -0.15) is 0 Å². The van der Waals surface area contributed by atoms with Crippen LogP contribution < -0.4 is 5.32 Å². The molecule has 4 nitrogen and oxygen atoms in total. The van der Waals surface area contributed by atoms with Gasteiger partial charge in [-0.05, 0) is 47.9 Å². The zero-order chi connectivity index (χ0) is 15.5. The number of hydrogen-bond acceptors (Lipinski definition) is 3. The molecule has 0 unspecified atom stereocenters. The molecule has 0 radical (unpaired) electrons. The van der Waals surface area contributed by atoms with E-state index in [-0.39, 0.29) is 5.91 Å². The molecule has 1 heterocycles. The number of amides is 1. The zero-order valence-electron chi connectivity index (χ0n) is 12.5. The average Bonchev–Trinajstić information content (AvgIpc) is 3.02. The molecule has 0 atom stereocenters. The first-order valence-corrected chi connectivity index (χ1v) is 7.02. The second kappa shape index (κ2) is 5.85. The van der Waals surface area contributed by atoms with E-state index in [1.165, 1.54) is 12.5 Å². The number of hydrogen-bond donors (Lipinski definition) is 1. The van der Waals surface area contributed by atoms with Gasteiger partial charge in [0.05, 0.1) is 6.20 Å². The van der Waals surface area contributed by atoms with E-state index in [0.717, 1.165) is 22.4 Å². The lowest BCUT2D eigenvalue weighted by atomic mass is 9.98. The van der Waals surface area contributed by atoms with E-state index >= 15 is 0 Å². The Morgan fingerprint density at radius 1 is 1.09 bits per heavy atom. The summed E-state index contributed by atoms with van der Waals surface area (Å²) in [6.07, 6.45) is 3.20. The molecular weight excluding hydrogens is 276 g/mol. The Morgan fingerprint density at radius 3 is 2.45 bits per heavy atom. The van der Waals surface area contributed by atoms with Crippen molar-refractivity contribution < 1.29 is 9.21 Å². The number of carbonyl (C=O) groups excluding carboxylic acids is 1. The summed E-state index contributed by atoms with van der Waals surface area (Å²) in [6.45, 7) is 3.56. The number of nitrogens with one attached hydrogen (secondary N) is 1. The van der Waals surface area contributed by atoms with Gasteiger partial charge in [0.1, 0.15) is 6.26 Å². The Bertz CT molecular complexity index is 790. The van der Waals surface area contributed by atoms with E-state index in [1.807, 2.05) is 30.3 Å². The Balaban J connectivity index is 1.97. The van der Waals surface area contributed by atoms with Crippen LogP contribution in [-0.4, -0.2) is 10.9 Å². The van der Waals surface area contributed by atoms with Gasteiger partial charge in [-0.1, -0.05) is 18.2 Å². The molecule has 2 aromatic carbocycles. The summed E-state index contributed by atoms with van der Waals surface area (Å²) in [6, 6.07) is 13.9. The number of rotatable bonds is 3. The number of aromatic nitrogens is 1. The molecule has 0 bridgehead atoms. The van der Waals surface area contributed by atoms with Gasteiger partial charge in [0, 0.05) is 18.2 Å². The molecule has 0 aliphatic heterocycles. The molecule has 3 rings (SSSR count). The van der Waals surface area contributed by atoms with Crippen molar-refractivity contribution in [2.24, 2.45) is 0 Å². The Kier molecular flexibility index (Phi) is 3.74. The van der Waals surface area contributed by atoms with Crippen LogP contribution in [0, 0.1) is 6.92 Å². The Labute approximate surface area is 128 Å². The second-order valence-corrected chi connectivity index (χ2v) is 5.13. The molecule has 1 aromatic heterocycles. The third-order valence-corrected chi connectivity index (χ3v) is 3.43. The predicted octanol–water partition coefficient (Wildman–Crippen LogP) is 4.28. The third-order valence-electron chi connectivity index (χ3n) is 3.43. The van der Waals surface area contributed by atoms with Crippen LogP contribution in [-0.2, 0) is 4.79 Å². The summed E-state index contributed by atoms with van der Waals surface area (Å²) in [5.41, 5.74) is 5.10. The smallest absolute Gasteiger partial charge is 0.225 e. The molecule has 4 heteroatoms. The number of aryl methyl sites for hydroxylation is 1. The van der Waals surface area contributed by atoms with Crippen LogP contribution in [0.3, 0.4) is 0 Å². The largest absolute Gasteiger partial charge is 0.445 e. The van der Waals surface area contributed by atoms with Crippen LogP contribution in [0.5, 0.6) is 0 Å². The van der Waals surface area contributed by atoms with E-state index in [0.29, 0.717) is 5.89 Å². The molecule has 110 valence electrons. The zero-order valence-corrected chi connectivity index (χ0v) is 12.5. The van der Waals surface area contributed by atoms with Crippen LogP contribution in [0.15, 0.2) is 59.3 Å². The normalized spacial score (nSPS) is 10.5. The molecule has 0 fully saturated rings. The van der Waals surface area contributed by atoms with Crippen molar-refractivity contribution >= 4 is 11.6 Å². The fourth-order valence-electron chi connectivity index (χ4n) is 2.37. The SMILES string of the molecule is CC(=O)Nc1ccc(-c2cc(-c3ncco3)ccc2C)cc1. The molecule has 1 N–H and O–H groups in total. The fourth-order valence-corrected chi connectivity index (χ4v) is 2.37. The first-order chi connectivity index (χ1) is 10.6. The maximum atomic E-state index is 11.1. The summed E-state index contributed by atoms with van der Waals surface area (Å²) in [7, 11) is 0. The highest BCUT2D eigenvalue weighted by atomic mass is 16.3. The van der Waals surface area contributed by atoms with Gasteiger partial charge in [-0.25, -0.2) is 4.98 Å². The highest BCUT2D eigenvalue weighted by molar-refractivity contribution is 5.89. The lowest BCUT2D eigenvalue weighted by molar-refractivity contribution is -0.114. The number of benzene rings is 2. The first kappa shape index (κ1) is 14.1. The number of oxazole rings is 1. The summed E-state index contributed by atoms with van der Waals surface area (Å²) < 4.78 is 5.35. The van der Waals surface area contributed by atoms with Gasteiger partial charge in [0.15, 0.2) is 0 Å². The maximum Gasteiger partial charge on any atom is 0.225 e. The lowest BCUT2D eigenvalue weighted by Crippen LogP contribution is -2.05. The summed E-state index contributed by atoms with van der Waals surface area (Å²) in [4.78, 5) is 15.3. The molecule has 0 saturated carbocycles. The van der Waals surface area contributed by atoms with E-state index in [1.54, 1.807) is 12.5 Å². The minimum atomic E-state index is -0.0742.